The number of hydrogen-bond acceptors (Lipinski definition) is 7. The van der Waals surface area contributed by atoms with E-state index in [0.717, 1.165) is 16.6 Å². The molecular formula is C32H38ClN7O4S. The van der Waals surface area contributed by atoms with Crippen LogP contribution in [0.3, 0.4) is 0 Å². The molecule has 1 fully saturated rings. The van der Waals surface area contributed by atoms with Gasteiger partial charge in [0.05, 0.1) is 10.6 Å². The lowest BCUT2D eigenvalue weighted by Crippen LogP contribution is -2.53. The second kappa shape index (κ2) is 13.6. The zero-order chi connectivity index (χ0) is 32.3. The van der Waals surface area contributed by atoms with E-state index in [1.807, 2.05) is 51.0 Å². The van der Waals surface area contributed by atoms with Crippen molar-refractivity contribution in [1.82, 2.24) is 29.7 Å². The zero-order valence-electron chi connectivity index (χ0n) is 25.8. The summed E-state index contributed by atoms with van der Waals surface area (Å²) >= 11 is 6.24. The van der Waals surface area contributed by atoms with Crippen molar-refractivity contribution in [2.45, 2.75) is 56.6 Å². The summed E-state index contributed by atoms with van der Waals surface area (Å²) in [6.07, 6.45) is 4.35. The number of likely N-dealkylation sites (tertiary alicyclic amines) is 1. The Bertz CT molecular complexity index is 1790. The molecule has 0 saturated carbocycles. The minimum Gasteiger partial charge on any atom is -0.377 e. The number of rotatable bonds is 11. The fourth-order valence-electron chi connectivity index (χ4n) is 5.87. The summed E-state index contributed by atoms with van der Waals surface area (Å²) in [5, 5.41) is 8.99. The van der Waals surface area contributed by atoms with E-state index >= 15 is 0 Å². The van der Waals surface area contributed by atoms with Crippen molar-refractivity contribution in [3.63, 3.8) is 0 Å². The first-order chi connectivity index (χ1) is 21.5. The third-order valence-corrected chi connectivity index (χ3v) is 9.70. The Morgan fingerprint density at radius 1 is 1.09 bits per heavy atom. The summed E-state index contributed by atoms with van der Waals surface area (Å²) in [6.45, 7) is 4.38. The van der Waals surface area contributed by atoms with E-state index in [9.17, 15) is 18.0 Å². The van der Waals surface area contributed by atoms with E-state index in [1.54, 1.807) is 47.4 Å². The van der Waals surface area contributed by atoms with E-state index in [1.165, 1.54) is 11.2 Å². The minimum atomic E-state index is -4.11. The Balaban J connectivity index is 1.36. The molecule has 0 radical (unpaired) electrons. The lowest BCUT2D eigenvalue weighted by atomic mass is 10.0. The molecule has 0 unspecified atom stereocenters. The van der Waals surface area contributed by atoms with E-state index in [4.69, 9.17) is 11.6 Å². The number of aromatic nitrogens is 3. The van der Waals surface area contributed by atoms with E-state index < -0.39 is 28.0 Å². The van der Waals surface area contributed by atoms with Gasteiger partial charge in [0.2, 0.25) is 21.8 Å². The third-order valence-electron chi connectivity index (χ3n) is 7.93. The highest BCUT2D eigenvalue weighted by atomic mass is 35.5. The molecule has 0 spiro atoms. The van der Waals surface area contributed by atoms with Crippen LogP contribution >= 0.6 is 11.6 Å². The number of anilines is 1. The van der Waals surface area contributed by atoms with Crippen LogP contribution in [0.1, 0.15) is 38.7 Å². The summed E-state index contributed by atoms with van der Waals surface area (Å²) in [5.74, 6) is -0.714. The SMILES string of the molecule is CC(C)C[C@H](NS(=O)(=O)c1cccc2c(N(C)C)cccc12)C(=O)N1CCC[C@H]1C(=O)NCc1cc(Cl)ccc1-n1cncn1. The Labute approximate surface area is 268 Å². The number of fused-ring (bicyclic) bond motifs is 1. The largest absolute Gasteiger partial charge is 0.377 e. The average molecular weight is 652 g/mol. The van der Waals surface area contributed by atoms with Crippen LogP contribution in [0, 0.1) is 5.92 Å². The number of hydrogen-bond donors (Lipinski definition) is 2. The molecule has 5 rings (SSSR count). The van der Waals surface area contributed by atoms with E-state index in [0.29, 0.717) is 35.5 Å². The number of halogens is 1. The van der Waals surface area contributed by atoms with Crippen molar-refractivity contribution in [2.24, 2.45) is 5.92 Å². The number of sulfonamides is 1. The maximum absolute atomic E-state index is 14.0. The molecular weight excluding hydrogens is 614 g/mol. The molecule has 1 aliphatic heterocycles. The molecule has 11 nitrogen and oxygen atoms in total. The molecule has 45 heavy (non-hydrogen) atoms. The second-order valence-corrected chi connectivity index (χ2v) is 14.0. The highest BCUT2D eigenvalue weighted by Crippen LogP contribution is 2.31. The van der Waals surface area contributed by atoms with Crippen LogP contribution in [0.5, 0.6) is 0 Å². The first kappa shape index (κ1) is 32.4. The van der Waals surface area contributed by atoms with Gasteiger partial charge in [-0.15, -0.1) is 0 Å². The van der Waals surface area contributed by atoms with Crippen LogP contribution < -0.4 is 14.9 Å². The fourth-order valence-corrected chi connectivity index (χ4v) is 7.48. The first-order valence-electron chi connectivity index (χ1n) is 14.9. The maximum atomic E-state index is 14.0. The van der Waals surface area contributed by atoms with Crippen LogP contribution in [-0.4, -0.2) is 72.6 Å². The number of benzene rings is 3. The standard InChI is InChI=1S/C32H38ClN7O4S/c1-21(2)16-26(37-45(43,44)30-12-6-8-24-25(30)9-5-10-28(24)38(3)4)32(42)39-15-7-11-29(39)31(41)35-18-22-17-23(33)13-14-27(22)40-20-34-19-36-40/h5-6,8-10,12-14,17,19-21,26,29,37H,7,11,15-16,18H2,1-4H3,(H,35,41)/t26-,29-/m0/s1. The number of carbonyl (C=O) groups excluding carboxylic acids is 2. The minimum absolute atomic E-state index is 0.0161. The molecule has 0 aliphatic carbocycles. The Hall–Kier alpha value is -4.00. The number of amides is 2. The van der Waals surface area contributed by atoms with Gasteiger partial charge in [-0.2, -0.15) is 9.82 Å². The molecule has 3 aromatic carbocycles. The van der Waals surface area contributed by atoms with Crippen molar-refractivity contribution in [3.8, 4) is 5.69 Å². The van der Waals surface area contributed by atoms with Gasteiger partial charge in [-0.05, 0) is 61.1 Å². The topological polar surface area (TPSA) is 130 Å². The summed E-state index contributed by atoms with van der Waals surface area (Å²) in [7, 11) is -0.302. The third kappa shape index (κ3) is 7.13. The first-order valence-corrected chi connectivity index (χ1v) is 16.8. The Morgan fingerprint density at radius 2 is 1.84 bits per heavy atom. The second-order valence-electron chi connectivity index (χ2n) is 11.8. The van der Waals surface area contributed by atoms with Gasteiger partial charge >= 0.3 is 0 Å². The van der Waals surface area contributed by atoms with Crippen LogP contribution in [0.2, 0.25) is 5.02 Å². The molecule has 2 heterocycles. The molecule has 2 N–H and O–H groups in total. The molecule has 1 saturated heterocycles. The van der Waals surface area contributed by atoms with Gasteiger partial charge in [0, 0.05) is 48.7 Å². The molecule has 2 atom stereocenters. The normalized spacial score (nSPS) is 15.9. The highest BCUT2D eigenvalue weighted by Gasteiger charge is 2.39. The molecule has 0 bridgehead atoms. The molecule has 238 valence electrons. The predicted molar refractivity (Wildman–Crippen MR) is 175 cm³/mol. The van der Waals surface area contributed by atoms with Crippen LogP contribution in [0.15, 0.2) is 72.1 Å². The smallest absolute Gasteiger partial charge is 0.243 e. The summed E-state index contributed by atoms with van der Waals surface area (Å²) in [4.78, 5) is 35.0. The summed E-state index contributed by atoms with van der Waals surface area (Å²) in [5.41, 5.74) is 2.33. The molecule has 1 aromatic heterocycles. The van der Waals surface area contributed by atoms with Gasteiger partial charge in [-0.25, -0.2) is 18.1 Å². The van der Waals surface area contributed by atoms with E-state index in [-0.39, 0.29) is 29.7 Å². The lowest BCUT2D eigenvalue weighted by Gasteiger charge is -2.29. The van der Waals surface area contributed by atoms with Crippen LogP contribution in [0.25, 0.3) is 16.5 Å². The number of nitrogens with one attached hydrogen (secondary N) is 2. The van der Waals surface area contributed by atoms with Crippen LogP contribution in [-0.2, 0) is 26.2 Å². The van der Waals surface area contributed by atoms with Gasteiger partial charge in [-0.3, -0.25) is 9.59 Å². The Kier molecular flexibility index (Phi) is 9.76. The molecule has 13 heteroatoms. The Morgan fingerprint density at radius 3 is 2.56 bits per heavy atom. The lowest BCUT2D eigenvalue weighted by molar-refractivity contribution is -0.140. The molecule has 4 aromatic rings. The molecule has 1 aliphatic rings. The maximum Gasteiger partial charge on any atom is 0.243 e. The van der Waals surface area contributed by atoms with Gasteiger partial charge < -0.3 is 15.1 Å². The van der Waals surface area contributed by atoms with Gasteiger partial charge in [0.1, 0.15) is 24.7 Å². The van der Waals surface area contributed by atoms with Crippen LogP contribution in [0.4, 0.5) is 5.69 Å². The number of nitrogens with zero attached hydrogens (tertiary/aromatic N) is 5. The predicted octanol–water partition coefficient (Wildman–Crippen LogP) is 4.14. The average Bonchev–Trinajstić information content (AvgIpc) is 3.71. The van der Waals surface area contributed by atoms with Crippen molar-refractivity contribution < 1.29 is 18.0 Å². The number of carbonyl (C=O) groups is 2. The fraction of sp³-hybridized carbons (Fsp3) is 0.375. The van der Waals surface area contributed by atoms with Crippen molar-refractivity contribution in [3.05, 3.63) is 77.8 Å². The van der Waals surface area contributed by atoms with Gasteiger partial charge in [0.25, 0.3) is 0 Å². The quantitative estimate of drug-likeness (QED) is 0.249. The van der Waals surface area contributed by atoms with Gasteiger partial charge in [-0.1, -0.05) is 49.7 Å². The zero-order valence-corrected chi connectivity index (χ0v) is 27.3. The monoisotopic (exact) mass is 651 g/mol. The molecule has 2 amide bonds. The van der Waals surface area contributed by atoms with Gasteiger partial charge in [0.15, 0.2) is 0 Å². The summed E-state index contributed by atoms with van der Waals surface area (Å²) < 4.78 is 32.0. The van der Waals surface area contributed by atoms with Crippen molar-refractivity contribution >= 4 is 49.9 Å². The highest BCUT2D eigenvalue weighted by molar-refractivity contribution is 7.89. The van der Waals surface area contributed by atoms with Crippen molar-refractivity contribution in [1.29, 1.82) is 0 Å². The van der Waals surface area contributed by atoms with Crippen molar-refractivity contribution in [2.75, 3.05) is 25.5 Å². The summed E-state index contributed by atoms with van der Waals surface area (Å²) in [6, 6.07) is 14.2. The van der Waals surface area contributed by atoms with E-state index in [2.05, 4.69) is 20.1 Å².